The second-order valence-corrected chi connectivity index (χ2v) is 9.76. The summed E-state index contributed by atoms with van der Waals surface area (Å²) in [6.07, 6.45) is 2.17. The van der Waals surface area contributed by atoms with Gasteiger partial charge in [-0.25, -0.2) is 14.8 Å². The molecule has 0 spiro atoms. The van der Waals surface area contributed by atoms with Crippen LogP contribution in [0.4, 0.5) is 35.3 Å². The minimum absolute atomic E-state index is 0.00974. The second kappa shape index (κ2) is 8.83. The third-order valence-electron chi connectivity index (χ3n) is 7.59. The van der Waals surface area contributed by atoms with Crippen LogP contribution in [0.3, 0.4) is 0 Å². The fourth-order valence-corrected chi connectivity index (χ4v) is 5.87. The molecule has 3 unspecified atom stereocenters. The highest BCUT2D eigenvalue weighted by molar-refractivity contribution is 6.03. The van der Waals surface area contributed by atoms with Gasteiger partial charge in [-0.15, -0.1) is 0 Å². The van der Waals surface area contributed by atoms with Gasteiger partial charge in [-0.2, -0.15) is 13.2 Å². The Morgan fingerprint density at radius 1 is 1.11 bits per heavy atom. The average molecular weight is 498 g/mol. The predicted octanol–water partition coefficient (Wildman–Crippen LogP) is 6.20. The topological polar surface area (TPSA) is 74.5 Å². The summed E-state index contributed by atoms with van der Waals surface area (Å²) in [5, 5.41) is 2.99. The van der Waals surface area contributed by atoms with Crippen molar-refractivity contribution in [2.24, 2.45) is 5.92 Å². The highest BCUT2D eigenvalue weighted by Gasteiger charge is 2.46. The van der Waals surface area contributed by atoms with Crippen molar-refractivity contribution < 1.29 is 22.4 Å². The van der Waals surface area contributed by atoms with Crippen molar-refractivity contribution in [2.75, 3.05) is 28.2 Å². The Morgan fingerprint density at radius 2 is 2.00 bits per heavy atom. The number of nitrogens with one attached hydrogen (secondary N) is 1. The number of halogens is 3. The van der Waals surface area contributed by atoms with Crippen molar-refractivity contribution in [1.82, 2.24) is 9.97 Å². The second-order valence-electron chi connectivity index (χ2n) is 9.76. The molecule has 1 N–H and O–H groups in total. The number of oxazole rings is 1. The lowest BCUT2D eigenvalue weighted by molar-refractivity contribution is -0.176. The highest BCUT2D eigenvalue weighted by atomic mass is 19.4. The molecule has 4 heterocycles. The molecule has 1 saturated carbocycles. The van der Waals surface area contributed by atoms with Crippen molar-refractivity contribution >= 4 is 23.4 Å². The number of amides is 2. The van der Waals surface area contributed by atoms with E-state index in [1.807, 2.05) is 30.3 Å². The first-order valence-corrected chi connectivity index (χ1v) is 12.3. The third-order valence-corrected chi connectivity index (χ3v) is 7.59. The zero-order valence-electron chi connectivity index (χ0n) is 19.5. The molecule has 2 amide bonds. The van der Waals surface area contributed by atoms with Crippen LogP contribution in [0.5, 0.6) is 0 Å². The lowest BCUT2D eigenvalue weighted by Gasteiger charge is -2.35. The first kappa shape index (κ1) is 22.9. The Kier molecular flexibility index (Phi) is 5.61. The van der Waals surface area contributed by atoms with Gasteiger partial charge in [-0.05, 0) is 43.9 Å². The minimum Gasteiger partial charge on any atom is -0.444 e. The summed E-state index contributed by atoms with van der Waals surface area (Å²) in [4.78, 5) is 25.7. The Morgan fingerprint density at radius 3 is 2.81 bits per heavy atom. The molecule has 0 radical (unpaired) electrons. The maximum Gasteiger partial charge on any atom is 0.393 e. The van der Waals surface area contributed by atoms with Crippen LogP contribution >= 0.6 is 0 Å². The monoisotopic (exact) mass is 497 g/mol. The molecule has 3 atom stereocenters. The number of piperidine rings is 1. The Labute approximate surface area is 206 Å². The fraction of sp³-hybridized carbons (Fsp3) is 0.423. The number of nitrogens with zero attached hydrogens (tertiary/aromatic N) is 4. The number of rotatable bonds is 3. The Balaban J connectivity index is 1.28. The van der Waals surface area contributed by atoms with Gasteiger partial charge in [-0.3, -0.25) is 4.90 Å². The maximum atomic E-state index is 13.6. The van der Waals surface area contributed by atoms with Gasteiger partial charge in [0.15, 0.2) is 12.2 Å². The van der Waals surface area contributed by atoms with E-state index in [1.54, 1.807) is 22.1 Å². The van der Waals surface area contributed by atoms with Gasteiger partial charge in [0.05, 0.1) is 12.1 Å². The fourth-order valence-electron chi connectivity index (χ4n) is 5.87. The summed E-state index contributed by atoms with van der Waals surface area (Å²) >= 11 is 0. The van der Waals surface area contributed by atoms with Crippen LogP contribution in [-0.2, 0) is 0 Å². The van der Waals surface area contributed by atoms with E-state index in [0.717, 1.165) is 30.4 Å². The smallest absolute Gasteiger partial charge is 0.393 e. The normalized spacial score (nSPS) is 23.5. The molecule has 1 aliphatic carbocycles. The number of fused-ring (bicyclic) bond motifs is 3. The molecule has 2 aromatic heterocycles. The van der Waals surface area contributed by atoms with Crippen molar-refractivity contribution in [3.05, 3.63) is 54.6 Å². The number of hydrogen-bond acceptors (Lipinski definition) is 5. The zero-order valence-corrected chi connectivity index (χ0v) is 19.5. The Bertz CT molecular complexity index is 1260. The number of benzene rings is 1. The number of carbonyl (C=O) groups excluding carboxylic acids is 1. The zero-order chi connectivity index (χ0) is 24.9. The number of urea groups is 1. The minimum atomic E-state index is -4.22. The molecule has 188 valence electrons. The predicted molar refractivity (Wildman–Crippen MR) is 129 cm³/mol. The van der Waals surface area contributed by atoms with Crippen LogP contribution in [0.15, 0.2) is 53.4 Å². The van der Waals surface area contributed by atoms with Gasteiger partial charge >= 0.3 is 12.2 Å². The SMILES string of the molecule is O=C(Nc1cccc(-c2cnco2)c1)N1c2nc(N3CCCC(C(F)(F)F)C3)ccc2C2CCCC21. The van der Waals surface area contributed by atoms with Gasteiger partial charge in [0.25, 0.3) is 0 Å². The van der Waals surface area contributed by atoms with Gasteiger partial charge in [0.2, 0.25) is 0 Å². The molecule has 6 rings (SSSR count). The van der Waals surface area contributed by atoms with Crippen LogP contribution in [0, 0.1) is 5.92 Å². The van der Waals surface area contributed by atoms with E-state index in [0.29, 0.717) is 36.0 Å². The van der Waals surface area contributed by atoms with Gasteiger partial charge < -0.3 is 14.6 Å². The molecule has 3 aromatic rings. The van der Waals surface area contributed by atoms with Crippen molar-refractivity contribution in [1.29, 1.82) is 0 Å². The first-order chi connectivity index (χ1) is 17.4. The third kappa shape index (κ3) is 4.08. The van der Waals surface area contributed by atoms with E-state index >= 15 is 0 Å². The van der Waals surface area contributed by atoms with Crippen molar-refractivity contribution in [3.8, 4) is 11.3 Å². The standard InChI is InChI=1S/C26H26F3N5O2/c27-26(28,29)17-5-3-11-33(14-17)23-10-9-20-19-7-2-8-21(19)34(24(20)32-23)25(35)31-18-6-1-4-16(12-18)22-13-30-15-36-22/h1,4,6,9-10,12-13,15,17,19,21H,2-3,5,7-8,11,14H2,(H,31,35). The van der Waals surface area contributed by atoms with Crippen molar-refractivity contribution in [3.63, 3.8) is 0 Å². The summed E-state index contributed by atoms with van der Waals surface area (Å²) in [5.74, 6) is 0.473. The van der Waals surface area contributed by atoms with E-state index in [2.05, 4.69) is 10.3 Å². The van der Waals surface area contributed by atoms with Crippen LogP contribution < -0.4 is 15.1 Å². The van der Waals surface area contributed by atoms with Crippen molar-refractivity contribution in [2.45, 2.75) is 50.2 Å². The van der Waals surface area contributed by atoms with Crippen LogP contribution in [-0.4, -0.2) is 41.3 Å². The molecule has 10 heteroatoms. The summed E-state index contributed by atoms with van der Waals surface area (Å²) in [6, 6.07) is 10.8. The van der Waals surface area contributed by atoms with Crippen LogP contribution in [0.25, 0.3) is 11.3 Å². The number of alkyl halides is 3. The molecule has 7 nitrogen and oxygen atoms in total. The summed E-state index contributed by atoms with van der Waals surface area (Å²) < 4.78 is 45.5. The molecule has 36 heavy (non-hydrogen) atoms. The number of carbonyl (C=O) groups is 1. The summed E-state index contributed by atoms with van der Waals surface area (Å²) in [5.41, 5.74) is 2.39. The molecule has 3 aliphatic rings. The lowest BCUT2D eigenvalue weighted by Crippen LogP contribution is -2.43. The van der Waals surface area contributed by atoms with Crippen LogP contribution in [0.2, 0.25) is 0 Å². The average Bonchev–Trinajstić information content (AvgIpc) is 3.61. The molecular weight excluding hydrogens is 471 g/mol. The lowest BCUT2D eigenvalue weighted by atomic mass is 9.97. The van der Waals surface area contributed by atoms with Gasteiger partial charge in [0, 0.05) is 41.9 Å². The number of pyridine rings is 1. The largest absolute Gasteiger partial charge is 0.444 e. The highest BCUT2D eigenvalue weighted by Crippen LogP contribution is 2.49. The molecule has 2 aliphatic heterocycles. The quantitative estimate of drug-likeness (QED) is 0.466. The van der Waals surface area contributed by atoms with Gasteiger partial charge in [0.1, 0.15) is 11.6 Å². The maximum absolute atomic E-state index is 13.6. The van der Waals surface area contributed by atoms with Crippen LogP contribution in [0.1, 0.15) is 43.6 Å². The molecule has 2 fully saturated rings. The van der Waals surface area contributed by atoms with E-state index in [-0.39, 0.29) is 31.0 Å². The van der Waals surface area contributed by atoms with E-state index in [9.17, 15) is 18.0 Å². The van der Waals surface area contributed by atoms with E-state index in [4.69, 9.17) is 9.40 Å². The number of hydrogen-bond donors (Lipinski definition) is 1. The van der Waals surface area contributed by atoms with E-state index in [1.165, 1.54) is 6.39 Å². The molecule has 1 aromatic carbocycles. The molecule has 1 saturated heterocycles. The summed E-state index contributed by atoms with van der Waals surface area (Å²) in [7, 11) is 0. The Hall–Kier alpha value is -3.56. The van der Waals surface area contributed by atoms with E-state index < -0.39 is 12.1 Å². The first-order valence-electron chi connectivity index (χ1n) is 12.3. The van der Waals surface area contributed by atoms with Gasteiger partial charge in [-0.1, -0.05) is 24.6 Å². The summed E-state index contributed by atoms with van der Waals surface area (Å²) in [6.45, 7) is 0.411. The molecular formula is C26H26F3N5O2. The molecule has 0 bridgehead atoms. The number of anilines is 3. The number of aromatic nitrogens is 2.